The highest BCUT2D eigenvalue weighted by atomic mass is 16.3. The van der Waals surface area contributed by atoms with Crippen LogP contribution in [0.2, 0.25) is 0 Å². The summed E-state index contributed by atoms with van der Waals surface area (Å²) in [4.78, 5) is 29.3. The van der Waals surface area contributed by atoms with Gasteiger partial charge in [-0.3, -0.25) is 14.2 Å². The maximum Gasteiger partial charge on any atom is 0.270 e. The van der Waals surface area contributed by atoms with Crippen molar-refractivity contribution >= 4 is 22.9 Å². The largest absolute Gasteiger partial charge is 0.448 e. The number of amides is 2. The molecule has 6 heteroatoms. The number of hydrogen-bond acceptors (Lipinski definition) is 3. The summed E-state index contributed by atoms with van der Waals surface area (Å²) >= 11 is 0. The molecule has 4 rings (SSSR count). The Kier molecular flexibility index (Phi) is 5.18. The summed E-state index contributed by atoms with van der Waals surface area (Å²) in [6, 6.07) is 13.9. The van der Waals surface area contributed by atoms with Gasteiger partial charge in [-0.25, -0.2) is 0 Å². The van der Waals surface area contributed by atoms with Gasteiger partial charge in [-0.1, -0.05) is 37.3 Å². The third kappa shape index (κ3) is 3.43. The normalized spacial score (nSPS) is 18.2. The Morgan fingerprint density at radius 2 is 1.93 bits per heavy atom. The van der Waals surface area contributed by atoms with E-state index in [9.17, 15) is 9.59 Å². The lowest BCUT2D eigenvalue weighted by molar-refractivity contribution is -0.134. The highest BCUT2D eigenvalue weighted by Crippen LogP contribution is 2.30. The van der Waals surface area contributed by atoms with Crippen molar-refractivity contribution in [1.82, 2.24) is 14.4 Å². The number of hydrogen-bond donors (Lipinski definition) is 0. The maximum atomic E-state index is 13.5. The van der Waals surface area contributed by atoms with E-state index in [-0.39, 0.29) is 23.9 Å². The minimum Gasteiger partial charge on any atom is -0.448 e. The molecule has 0 radical (unpaired) electrons. The standard InChI is InChI=1S/C23H27N3O3/c1-4-21(27)25-12-11-24(15-16(25)2)22(28)20-14-19-10-13-29-23(19)26(20)17(3)18-8-6-5-7-9-18/h5-10,13-14,16-17H,4,11-12,15H2,1-3H3/t16-,17+/m1/s1. The summed E-state index contributed by atoms with van der Waals surface area (Å²) in [7, 11) is 0. The van der Waals surface area contributed by atoms with Crippen LogP contribution in [0.25, 0.3) is 11.1 Å². The Hall–Kier alpha value is -3.02. The average molecular weight is 393 g/mol. The molecule has 3 heterocycles. The maximum absolute atomic E-state index is 13.5. The monoisotopic (exact) mass is 393 g/mol. The number of carbonyl (C=O) groups excluding carboxylic acids is 2. The van der Waals surface area contributed by atoms with Crippen LogP contribution in [-0.2, 0) is 4.79 Å². The van der Waals surface area contributed by atoms with Gasteiger partial charge >= 0.3 is 0 Å². The van der Waals surface area contributed by atoms with E-state index in [4.69, 9.17) is 4.42 Å². The molecule has 2 atom stereocenters. The van der Waals surface area contributed by atoms with Gasteiger partial charge in [0.2, 0.25) is 11.6 Å². The zero-order valence-electron chi connectivity index (χ0n) is 17.2. The van der Waals surface area contributed by atoms with Crippen molar-refractivity contribution in [1.29, 1.82) is 0 Å². The van der Waals surface area contributed by atoms with Crippen molar-refractivity contribution in [2.45, 2.75) is 39.3 Å². The SMILES string of the molecule is CCC(=O)N1CCN(C(=O)c2cc3ccoc3n2[C@@H](C)c2ccccc2)C[C@H]1C. The van der Waals surface area contributed by atoms with Crippen LogP contribution in [-0.4, -0.2) is 51.9 Å². The Morgan fingerprint density at radius 3 is 2.62 bits per heavy atom. The number of benzene rings is 1. The van der Waals surface area contributed by atoms with E-state index in [1.54, 1.807) is 6.26 Å². The van der Waals surface area contributed by atoms with E-state index in [2.05, 4.69) is 19.1 Å². The second-order valence-electron chi connectivity index (χ2n) is 7.71. The molecule has 1 saturated heterocycles. The van der Waals surface area contributed by atoms with E-state index in [1.165, 1.54) is 0 Å². The van der Waals surface area contributed by atoms with Gasteiger partial charge in [-0.2, -0.15) is 0 Å². The molecule has 1 fully saturated rings. The molecule has 0 N–H and O–H groups in total. The van der Waals surface area contributed by atoms with E-state index < -0.39 is 0 Å². The van der Waals surface area contributed by atoms with Gasteiger partial charge in [0.15, 0.2) is 0 Å². The molecule has 29 heavy (non-hydrogen) atoms. The van der Waals surface area contributed by atoms with Crippen molar-refractivity contribution in [2.75, 3.05) is 19.6 Å². The summed E-state index contributed by atoms with van der Waals surface area (Å²) < 4.78 is 7.72. The Labute approximate surface area is 170 Å². The fourth-order valence-corrected chi connectivity index (χ4v) is 4.25. The van der Waals surface area contributed by atoms with Gasteiger partial charge in [0.25, 0.3) is 5.91 Å². The first-order valence-electron chi connectivity index (χ1n) is 10.2. The molecule has 2 aromatic heterocycles. The third-order valence-electron chi connectivity index (χ3n) is 5.87. The minimum atomic E-state index is -0.0424. The van der Waals surface area contributed by atoms with Crippen molar-refractivity contribution in [3.8, 4) is 0 Å². The van der Waals surface area contributed by atoms with Crippen LogP contribution < -0.4 is 0 Å². The van der Waals surface area contributed by atoms with Gasteiger partial charge in [-0.05, 0) is 31.5 Å². The molecule has 6 nitrogen and oxygen atoms in total. The quantitative estimate of drug-likeness (QED) is 0.675. The Bertz CT molecular complexity index is 1020. The molecule has 1 aliphatic heterocycles. The minimum absolute atomic E-state index is 0.0121. The number of nitrogens with zero attached hydrogens (tertiary/aromatic N) is 3. The number of aromatic nitrogens is 1. The second kappa shape index (κ2) is 7.78. The molecule has 0 unspecified atom stereocenters. The second-order valence-corrected chi connectivity index (χ2v) is 7.71. The highest BCUT2D eigenvalue weighted by Gasteiger charge is 2.32. The van der Waals surface area contributed by atoms with E-state index >= 15 is 0 Å². The fraction of sp³-hybridized carbons (Fsp3) is 0.391. The molecule has 2 amide bonds. The van der Waals surface area contributed by atoms with Crippen LogP contribution in [0.15, 0.2) is 53.1 Å². The molecular weight excluding hydrogens is 366 g/mol. The Morgan fingerprint density at radius 1 is 1.17 bits per heavy atom. The average Bonchev–Trinajstić information content (AvgIpc) is 3.34. The molecule has 152 valence electrons. The lowest BCUT2D eigenvalue weighted by Gasteiger charge is -2.40. The number of rotatable bonds is 4. The van der Waals surface area contributed by atoms with E-state index in [1.807, 2.05) is 58.5 Å². The van der Waals surface area contributed by atoms with Gasteiger partial charge in [0.1, 0.15) is 5.69 Å². The van der Waals surface area contributed by atoms with E-state index in [0.717, 1.165) is 10.9 Å². The van der Waals surface area contributed by atoms with Crippen molar-refractivity contribution < 1.29 is 14.0 Å². The predicted octanol–water partition coefficient (Wildman–Crippen LogP) is 3.93. The number of piperazine rings is 1. The van der Waals surface area contributed by atoms with Gasteiger partial charge in [0.05, 0.1) is 12.3 Å². The predicted molar refractivity (Wildman–Crippen MR) is 112 cm³/mol. The highest BCUT2D eigenvalue weighted by molar-refractivity contribution is 5.98. The molecule has 1 aromatic carbocycles. The van der Waals surface area contributed by atoms with Gasteiger partial charge < -0.3 is 14.2 Å². The molecule has 3 aromatic rings. The van der Waals surface area contributed by atoms with Gasteiger partial charge in [0, 0.05) is 37.5 Å². The fourth-order valence-electron chi connectivity index (χ4n) is 4.25. The molecule has 0 saturated carbocycles. The smallest absolute Gasteiger partial charge is 0.270 e. The van der Waals surface area contributed by atoms with Crippen LogP contribution in [0.3, 0.4) is 0 Å². The molecule has 1 aliphatic rings. The summed E-state index contributed by atoms with van der Waals surface area (Å²) in [5.74, 6) is 0.123. The first-order valence-corrected chi connectivity index (χ1v) is 10.2. The van der Waals surface area contributed by atoms with Crippen molar-refractivity contribution in [3.63, 3.8) is 0 Å². The Balaban J connectivity index is 1.65. The van der Waals surface area contributed by atoms with Crippen LogP contribution >= 0.6 is 0 Å². The zero-order chi connectivity index (χ0) is 20.5. The third-order valence-corrected chi connectivity index (χ3v) is 5.87. The summed E-state index contributed by atoms with van der Waals surface area (Å²) in [5, 5.41) is 0.920. The van der Waals surface area contributed by atoms with Crippen LogP contribution in [0, 0.1) is 0 Å². The molecule has 0 spiro atoms. The number of carbonyl (C=O) groups is 2. The lowest BCUT2D eigenvalue weighted by atomic mass is 10.1. The molecule has 0 bridgehead atoms. The van der Waals surface area contributed by atoms with Crippen LogP contribution in [0.1, 0.15) is 49.3 Å². The first kappa shape index (κ1) is 19.3. The van der Waals surface area contributed by atoms with Crippen LogP contribution in [0.4, 0.5) is 0 Å². The first-order chi connectivity index (χ1) is 14.0. The molecule has 0 aliphatic carbocycles. The van der Waals surface area contributed by atoms with E-state index in [0.29, 0.717) is 37.5 Å². The molecular formula is C23H27N3O3. The number of fused-ring (bicyclic) bond motifs is 1. The van der Waals surface area contributed by atoms with Crippen molar-refractivity contribution in [3.05, 3.63) is 60.0 Å². The topological polar surface area (TPSA) is 58.7 Å². The van der Waals surface area contributed by atoms with Crippen LogP contribution in [0.5, 0.6) is 0 Å². The zero-order valence-corrected chi connectivity index (χ0v) is 17.2. The summed E-state index contributed by atoms with van der Waals surface area (Å²) in [6.07, 6.45) is 2.15. The van der Waals surface area contributed by atoms with Gasteiger partial charge in [-0.15, -0.1) is 0 Å². The van der Waals surface area contributed by atoms with Crippen molar-refractivity contribution in [2.24, 2.45) is 0 Å². The summed E-state index contributed by atoms with van der Waals surface area (Å²) in [6.45, 7) is 7.61. The number of furan rings is 1. The summed E-state index contributed by atoms with van der Waals surface area (Å²) in [5.41, 5.74) is 2.44. The lowest BCUT2D eigenvalue weighted by Crippen LogP contribution is -2.55.